The van der Waals surface area contributed by atoms with Gasteiger partial charge in [0.25, 0.3) is 5.91 Å². The molecule has 4 N–H and O–H groups in total. The van der Waals surface area contributed by atoms with Gasteiger partial charge in [0, 0.05) is 31.0 Å². The number of benzene rings is 2. The molecule has 5 atom stereocenters. The fourth-order valence-corrected chi connectivity index (χ4v) is 6.82. The molecule has 14 heteroatoms. The SMILES string of the molecule is CC(=O)OC(C(=O)NC1CC1)[C@H](C[C@@H]1CCNC1=O)NC(=O)[C@H](CC1CCCCC1)NC(=O)OC(c1ccccc1)C(F)(F)c1cccc(F)c1. The third kappa shape index (κ3) is 10.5. The lowest BCUT2D eigenvalue weighted by Crippen LogP contribution is -2.57. The molecule has 4 amide bonds. The zero-order valence-corrected chi connectivity index (χ0v) is 28.5. The second-order valence-electron chi connectivity index (χ2n) is 13.7. The molecule has 2 aromatic rings. The number of halogens is 3. The Hall–Kier alpha value is -4.62. The first kappa shape index (κ1) is 37.6. The van der Waals surface area contributed by atoms with Crippen molar-refractivity contribution in [2.24, 2.45) is 11.8 Å². The zero-order valence-electron chi connectivity index (χ0n) is 28.5. The predicted octanol–water partition coefficient (Wildman–Crippen LogP) is 4.95. The minimum absolute atomic E-state index is 0.00921. The molecule has 2 aliphatic carbocycles. The molecule has 1 saturated heterocycles. The highest BCUT2D eigenvalue weighted by Gasteiger charge is 2.46. The van der Waals surface area contributed by atoms with Gasteiger partial charge in [0.2, 0.25) is 11.8 Å². The van der Waals surface area contributed by atoms with Crippen molar-refractivity contribution < 1.29 is 46.6 Å². The monoisotopic (exact) mass is 714 g/mol. The number of ether oxygens (including phenoxy) is 2. The number of rotatable bonds is 15. The van der Waals surface area contributed by atoms with E-state index in [0.717, 1.165) is 70.1 Å². The van der Waals surface area contributed by atoms with E-state index in [-0.39, 0.29) is 36.3 Å². The first-order valence-corrected chi connectivity index (χ1v) is 17.6. The highest BCUT2D eigenvalue weighted by Crippen LogP contribution is 2.43. The van der Waals surface area contributed by atoms with Crippen molar-refractivity contribution >= 4 is 29.8 Å². The second-order valence-corrected chi connectivity index (χ2v) is 13.7. The quantitative estimate of drug-likeness (QED) is 0.191. The Kier molecular flexibility index (Phi) is 12.6. The van der Waals surface area contributed by atoms with Gasteiger partial charge in [-0.15, -0.1) is 0 Å². The van der Waals surface area contributed by atoms with Crippen molar-refractivity contribution in [1.82, 2.24) is 21.3 Å². The van der Waals surface area contributed by atoms with Gasteiger partial charge in [-0.25, -0.2) is 9.18 Å². The maximum Gasteiger partial charge on any atom is 0.408 e. The van der Waals surface area contributed by atoms with Gasteiger partial charge in [-0.2, -0.15) is 8.78 Å². The number of nitrogens with one attached hydrogen (secondary N) is 4. The van der Waals surface area contributed by atoms with Gasteiger partial charge in [-0.3, -0.25) is 19.2 Å². The van der Waals surface area contributed by atoms with Crippen molar-refractivity contribution in [3.8, 4) is 0 Å². The first-order valence-electron chi connectivity index (χ1n) is 17.6. The Morgan fingerprint density at radius 1 is 0.882 bits per heavy atom. The molecule has 276 valence electrons. The summed E-state index contributed by atoms with van der Waals surface area (Å²) in [7, 11) is 0. The van der Waals surface area contributed by atoms with E-state index in [1.807, 2.05) is 0 Å². The first-order chi connectivity index (χ1) is 24.4. The fourth-order valence-electron chi connectivity index (χ4n) is 6.82. The summed E-state index contributed by atoms with van der Waals surface area (Å²) in [6.45, 7) is 1.53. The van der Waals surface area contributed by atoms with Crippen LogP contribution in [0.25, 0.3) is 0 Å². The molecule has 1 aliphatic heterocycles. The largest absolute Gasteiger partial charge is 0.450 e. The van der Waals surface area contributed by atoms with E-state index in [0.29, 0.717) is 19.0 Å². The Morgan fingerprint density at radius 3 is 2.24 bits per heavy atom. The van der Waals surface area contributed by atoms with Crippen molar-refractivity contribution in [1.29, 1.82) is 0 Å². The molecule has 51 heavy (non-hydrogen) atoms. The molecular formula is C37H45F3N4O7. The molecule has 0 aromatic heterocycles. The summed E-state index contributed by atoms with van der Waals surface area (Å²) < 4.78 is 56.9. The molecule has 0 bridgehead atoms. The van der Waals surface area contributed by atoms with E-state index in [2.05, 4.69) is 21.3 Å². The van der Waals surface area contributed by atoms with Crippen LogP contribution in [0.2, 0.25) is 0 Å². The topological polar surface area (TPSA) is 152 Å². The van der Waals surface area contributed by atoms with Crippen molar-refractivity contribution in [2.75, 3.05) is 6.54 Å². The summed E-state index contributed by atoms with van der Waals surface area (Å²) in [5.41, 5.74) is -0.767. The Morgan fingerprint density at radius 2 is 1.61 bits per heavy atom. The molecule has 0 radical (unpaired) electrons. The highest BCUT2D eigenvalue weighted by molar-refractivity contribution is 5.89. The molecule has 2 aromatic carbocycles. The number of carbonyl (C=O) groups excluding carboxylic acids is 5. The van der Waals surface area contributed by atoms with E-state index < -0.39 is 71.4 Å². The maximum atomic E-state index is 16.0. The maximum absolute atomic E-state index is 16.0. The molecular weight excluding hydrogens is 669 g/mol. The number of hydrogen-bond acceptors (Lipinski definition) is 7. The normalized spacial score (nSPS) is 20.2. The number of hydrogen-bond donors (Lipinski definition) is 4. The van der Waals surface area contributed by atoms with Gasteiger partial charge in [0.1, 0.15) is 11.9 Å². The fraction of sp³-hybridized carbons (Fsp3) is 0.541. The van der Waals surface area contributed by atoms with Crippen molar-refractivity contribution in [3.05, 3.63) is 71.5 Å². The third-order valence-corrected chi connectivity index (χ3v) is 9.64. The molecule has 11 nitrogen and oxygen atoms in total. The molecule has 2 unspecified atom stereocenters. The molecule has 3 fully saturated rings. The third-order valence-electron chi connectivity index (χ3n) is 9.64. The van der Waals surface area contributed by atoms with E-state index >= 15 is 8.78 Å². The average Bonchev–Trinajstić information content (AvgIpc) is 3.83. The number of alkyl carbamates (subject to hydrolysis) is 1. The summed E-state index contributed by atoms with van der Waals surface area (Å²) in [5.74, 6) is -7.78. The van der Waals surface area contributed by atoms with Crippen LogP contribution in [0.1, 0.15) is 88.4 Å². The highest BCUT2D eigenvalue weighted by atomic mass is 19.3. The van der Waals surface area contributed by atoms with Gasteiger partial charge >= 0.3 is 18.0 Å². The van der Waals surface area contributed by atoms with Crippen LogP contribution in [0.15, 0.2) is 54.6 Å². The summed E-state index contributed by atoms with van der Waals surface area (Å²) >= 11 is 0. The summed E-state index contributed by atoms with van der Waals surface area (Å²) in [6.07, 6.45) is 1.44. The van der Waals surface area contributed by atoms with Crippen LogP contribution in [0.3, 0.4) is 0 Å². The average molecular weight is 715 g/mol. The Balaban J connectivity index is 1.40. The summed E-state index contributed by atoms with van der Waals surface area (Å²) in [5, 5.41) is 10.8. The van der Waals surface area contributed by atoms with Crippen LogP contribution < -0.4 is 21.3 Å². The van der Waals surface area contributed by atoms with Crippen LogP contribution in [-0.2, 0) is 34.6 Å². The molecule has 0 spiro atoms. The molecule has 1 heterocycles. The zero-order chi connectivity index (χ0) is 36.5. The molecule has 2 saturated carbocycles. The second kappa shape index (κ2) is 17.1. The Bertz CT molecular complexity index is 1550. The predicted molar refractivity (Wildman–Crippen MR) is 178 cm³/mol. The number of esters is 1. The Labute approximate surface area is 294 Å². The van der Waals surface area contributed by atoms with Gasteiger partial charge < -0.3 is 30.7 Å². The van der Waals surface area contributed by atoms with E-state index in [1.54, 1.807) is 6.07 Å². The minimum atomic E-state index is -3.87. The van der Waals surface area contributed by atoms with Gasteiger partial charge in [0.05, 0.1) is 6.04 Å². The lowest BCUT2D eigenvalue weighted by molar-refractivity contribution is -0.157. The lowest BCUT2D eigenvalue weighted by Gasteiger charge is -2.32. The lowest BCUT2D eigenvalue weighted by atomic mass is 9.84. The van der Waals surface area contributed by atoms with Crippen LogP contribution in [-0.4, -0.2) is 60.6 Å². The standard InChI is InChI=1S/C37H45F3N4O7/c1-22(45)50-31(35(48)42-28-15-16-28)29(20-25-17-18-41-33(25)46)43-34(47)30(19-23-9-4-2-5-10-23)44-36(49)51-32(24-11-6-3-7-12-24)37(39,40)26-13-8-14-27(38)21-26/h3,6-8,11-14,21,23,25,28-32H,2,4-5,9-10,15-20H2,1H3,(H,41,46)(H,42,48)(H,43,47)(H,44,49)/t25-,29-,30-,31?,32?/m0/s1. The van der Waals surface area contributed by atoms with E-state index in [1.165, 1.54) is 24.3 Å². The van der Waals surface area contributed by atoms with Crippen molar-refractivity contribution in [2.45, 2.75) is 107 Å². The van der Waals surface area contributed by atoms with Gasteiger partial charge in [-0.05, 0) is 55.7 Å². The number of amides is 4. The number of alkyl halides is 2. The van der Waals surface area contributed by atoms with Crippen LogP contribution in [0.4, 0.5) is 18.0 Å². The number of carbonyl (C=O) groups is 5. The smallest absolute Gasteiger partial charge is 0.408 e. The summed E-state index contributed by atoms with van der Waals surface area (Å²) in [4.78, 5) is 65.8. The summed E-state index contributed by atoms with van der Waals surface area (Å²) in [6, 6.07) is 8.58. The molecule has 3 aliphatic rings. The van der Waals surface area contributed by atoms with Crippen molar-refractivity contribution in [3.63, 3.8) is 0 Å². The molecule has 5 rings (SSSR count). The van der Waals surface area contributed by atoms with E-state index in [4.69, 9.17) is 9.47 Å². The van der Waals surface area contributed by atoms with Crippen LogP contribution in [0, 0.1) is 17.7 Å². The van der Waals surface area contributed by atoms with Crippen LogP contribution >= 0.6 is 0 Å². The van der Waals surface area contributed by atoms with E-state index in [9.17, 15) is 28.4 Å². The minimum Gasteiger partial charge on any atom is -0.450 e. The van der Waals surface area contributed by atoms with Gasteiger partial charge in [-0.1, -0.05) is 74.6 Å². The van der Waals surface area contributed by atoms with Gasteiger partial charge in [0.15, 0.2) is 12.2 Å². The van der Waals surface area contributed by atoms with Crippen LogP contribution in [0.5, 0.6) is 0 Å².